The number of hydrogen-bond acceptors (Lipinski definition) is 4. The van der Waals surface area contributed by atoms with E-state index in [2.05, 4.69) is 24.5 Å². The minimum Gasteiger partial charge on any atom is -0.366 e. The number of carbonyl (C=O) groups is 2. The zero-order chi connectivity index (χ0) is 17.8. The van der Waals surface area contributed by atoms with E-state index in [1.165, 1.54) is 0 Å². The molecule has 2 heterocycles. The van der Waals surface area contributed by atoms with Crippen molar-refractivity contribution in [2.24, 2.45) is 11.8 Å². The highest BCUT2D eigenvalue weighted by molar-refractivity contribution is 5.80. The van der Waals surface area contributed by atoms with Gasteiger partial charge in [-0.25, -0.2) is 0 Å². The molecule has 2 saturated carbocycles. The molecule has 0 bridgehead atoms. The van der Waals surface area contributed by atoms with Gasteiger partial charge in [-0.3, -0.25) is 9.59 Å². The number of carbonyl (C=O) groups excluding carboxylic acids is 2. The molecule has 4 aliphatic rings. The van der Waals surface area contributed by atoms with Gasteiger partial charge in [0.1, 0.15) is 0 Å². The second kappa shape index (κ2) is 5.95. The Balaban J connectivity index is 1.17. The van der Waals surface area contributed by atoms with E-state index < -0.39 is 0 Å². The van der Waals surface area contributed by atoms with Crippen LogP contribution in [-0.2, 0) is 19.1 Å². The maximum atomic E-state index is 12.4. The van der Waals surface area contributed by atoms with Crippen LogP contribution in [0.4, 0.5) is 0 Å². The van der Waals surface area contributed by atoms with Gasteiger partial charge < -0.3 is 20.1 Å². The molecule has 0 aromatic rings. The Labute approximate surface area is 149 Å². The summed E-state index contributed by atoms with van der Waals surface area (Å²) >= 11 is 0. The van der Waals surface area contributed by atoms with E-state index in [-0.39, 0.29) is 53.1 Å². The Morgan fingerprint density at radius 3 is 2.04 bits per heavy atom. The van der Waals surface area contributed by atoms with E-state index >= 15 is 0 Å². The Bertz CT molecular complexity index is 582. The van der Waals surface area contributed by atoms with E-state index in [0.717, 1.165) is 38.5 Å². The van der Waals surface area contributed by atoms with Gasteiger partial charge in [0.25, 0.3) is 0 Å². The van der Waals surface area contributed by atoms with E-state index in [9.17, 15) is 9.59 Å². The van der Waals surface area contributed by atoms with Gasteiger partial charge in [-0.05, 0) is 59.3 Å². The molecule has 0 aromatic heterocycles. The van der Waals surface area contributed by atoms with Gasteiger partial charge in [-0.15, -0.1) is 0 Å². The number of fused-ring (bicyclic) bond motifs is 2. The third-order valence-corrected chi connectivity index (χ3v) is 6.76. The summed E-state index contributed by atoms with van der Waals surface area (Å²) in [5.41, 5.74) is 0.0805. The first-order valence-electron chi connectivity index (χ1n) is 9.73. The van der Waals surface area contributed by atoms with Crippen LogP contribution in [0.5, 0.6) is 0 Å². The Hall–Kier alpha value is -1.14. The minimum absolute atomic E-state index is 0.0394. The fraction of sp³-hybridized carbons (Fsp3) is 0.895. The van der Waals surface area contributed by atoms with Gasteiger partial charge >= 0.3 is 0 Å². The first-order chi connectivity index (χ1) is 11.8. The topological polar surface area (TPSA) is 83.3 Å². The third kappa shape index (κ3) is 3.43. The van der Waals surface area contributed by atoms with Crippen LogP contribution in [0.15, 0.2) is 0 Å². The lowest BCUT2D eigenvalue weighted by Gasteiger charge is -2.25. The molecule has 6 heteroatoms. The highest BCUT2D eigenvalue weighted by Gasteiger charge is 2.57. The molecule has 6 nitrogen and oxygen atoms in total. The summed E-state index contributed by atoms with van der Waals surface area (Å²) in [6.07, 6.45) is 5.87. The minimum atomic E-state index is -0.0593. The van der Waals surface area contributed by atoms with Gasteiger partial charge in [-0.1, -0.05) is 0 Å². The van der Waals surface area contributed by atoms with E-state index in [1.807, 2.05) is 6.92 Å². The quantitative estimate of drug-likeness (QED) is 0.737. The molecule has 4 rings (SSSR count). The lowest BCUT2D eigenvalue weighted by Crippen LogP contribution is -2.46. The molecule has 7 atom stereocenters. The zero-order valence-corrected chi connectivity index (χ0v) is 15.5. The van der Waals surface area contributed by atoms with Crippen LogP contribution in [0.2, 0.25) is 0 Å². The van der Waals surface area contributed by atoms with Gasteiger partial charge in [0.05, 0.1) is 23.4 Å². The average molecular weight is 350 g/mol. The Kier molecular flexibility index (Phi) is 4.11. The van der Waals surface area contributed by atoms with Crippen LogP contribution >= 0.6 is 0 Å². The number of ether oxygens (including phenoxy) is 2. The van der Waals surface area contributed by atoms with Gasteiger partial charge in [0.15, 0.2) is 0 Å². The maximum Gasteiger partial charge on any atom is 0.223 e. The van der Waals surface area contributed by atoms with Crippen molar-refractivity contribution < 1.29 is 19.1 Å². The molecule has 2 aliphatic carbocycles. The molecule has 2 amide bonds. The number of rotatable bonds is 5. The first-order valence-corrected chi connectivity index (χ1v) is 9.73. The summed E-state index contributed by atoms with van der Waals surface area (Å²) in [5.74, 6) is 0.283. The van der Waals surface area contributed by atoms with Crippen LogP contribution in [0, 0.1) is 11.8 Å². The number of amides is 2. The Morgan fingerprint density at radius 2 is 1.52 bits per heavy atom. The van der Waals surface area contributed by atoms with Crippen molar-refractivity contribution in [2.45, 2.75) is 88.7 Å². The highest BCUT2D eigenvalue weighted by Crippen LogP contribution is 2.50. The normalized spacial score (nSPS) is 45.6. The molecule has 0 spiro atoms. The van der Waals surface area contributed by atoms with Crippen LogP contribution < -0.4 is 10.6 Å². The van der Waals surface area contributed by atoms with Gasteiger partial charge in [0.2, 0.25) is 11.8 Å². The molecule has 140 valence electrons. The monoisotopic (exact) mass is 350 g/mol. The molecular weight excluding hydrogens is 320 g/mol. The molecule has 0 aromatic carbocycles. The van der Waals surface area contributed by atoms with Crippen molar-refractivity contribution >= 4 is 11.8 Å². The molecule has 7 unspecified atom stereocenters. The van der Waals surface area contributed by atoms with Crippen molar-refractivity contribution in [3.05, 3.63) is 0 Å². The molecule has 25 heavy (non-hydrogen) atoms. The van der Waals surface area contributed by atoms with Crippen molar-refractivity contribution in [1.82, 2.24) is 10.6 Å². The fourth-order valence-electron chi connectivity index (χ4n) is 4.58. The largest absolute Gasteiger partial charge is 0.366 e. The second-order valence-corrected chi connectivity index (χ2v) is 8.94. The SMILES string of the molecule is CC(CNC(=O)C1CCC2(C)OC2C1)NC(=O)C1CCC2(C)OC2C1. The van der Waals surface area contributed by atoms with Crippen molar-refractivity contribution in [2.75, 3.05) is 6.54 Å². The molecule has 2 saturated heterocycles. The predicted octanol–water partition coefficient (Wildman–Crippen LogP) is 1.52. The summed E-state index contributed by atoms with van der Waals surface area (Å²) in [4.78, 5) is 24.8. The Morgan fingerprint density at radius 1 is 1.00 bits per heavy atom. The highest BCUT2D eigenvalue weighted by atomic mass is 16.6. The van der Waals surface area contributed by atoms with E-state index in [1.54, 1.807) is 0 Å². The summed E-state index contributed by atoms with van der Waals surface area (Å²) in [7, 11) is 0. The van der Waals surface area contributed by atoms with Crippen LogP contribution in [0.3, 0.4) is 0 Å². The smallest absolute Gasteiger partial charge is 0.223 e. The lowest BCUT2D eigenvalue weighted by molar-refractivity contribution is -0.128. The first kappa shape index (κ1) is 17.3. The van der Waals surface area contributed by atoms with Crippen LogP contribution in [0.1, 0.15) is 59.3 Å². The maximum absolute atomic E-state index is 12.4. The summed E-state index contributed by atoms with van der Waals surface area (Å²) in [6, 6.07) is -0.0593. The fourth-order valence-corrected chi connectivity index (χ4v) is 4.58. The van der Waals surface area contributed by atoms with Gasteiger partial charge in [0, 0.05) is 24.4 Å². The average Bonchev–Trinajstić information content (AvgIpc) is 3.43. The number of nitrogens with one attached hydrogen (secondary N) is 2. The van der Waals surface area contributed by atoms with Crippen LogP contribution in [0.25, 0.3) is 0 Å². The predicted molar refractivity (Wildman–Crippen MR) is 91.9 cm³/mol. The molecule has 2 aliphatic heterocycles. The second-order valence-electron chi connectivity index (χ2n) is 8.94. The van der Waals surface area contributed by atoms with E-state index in [4.69, 9.17) is 9.47 Å². The number of epoxide rings is 2. The summed E-state index contributed by atoms with van der Waals surface area (Å²) in [5, 5.41) is 6.05. The van der Waals surface area contributed by atoms with Gasteiger partial charge in [-0.2, -0.15) is 0 Å². The molecule has 4 fully saturated rings. The number of hydrogen-bond donors (Lipinski definition) is 2. The molecule has 2 N–H and O–H groups in total. The summed E-state index contributed by atoms with van der Waals surface area (Å²) in [6.45, 7) is 6.68. The van der Waals surface area contributed by atoms with E-state index in [0.29, 0.717) is 6.54 Å². The van der Waals surface area contributed by atoms with Crippen molar-refractivity contribution in [3.8, 4) is 0 Å². The van der Waals surface area contributed by atoms with Crippen LogP contribution in [-0.4, -0.2) is 47.8 Å². The zero-order valence-electron chi connectivity index (χ0n) is 15.5. The lowest BCUT2D eigenvalue weighted by atomic mass is 9.82. The van der Waals surface area contributed by atoms with Crippen molar-refractivity contribution in [3.63, 3.8) is 0 Å². The third-order valence-electron chi connectivity index (χ3n) is 6.76. The molecular formula is C19H30N2O4. The standard InChI is InChI=1S/C19H30N2O4/c1-11(21-17(23)13-5-7-19(3)15(9-13)25-19)10-20-16(22)12-4-6-18(2)14(8-12)24-18/h11-15H,4-10H2,1-3H3,(H,20,22)(H,21,23). The summed E-state index contributed by atoms with van der Waals surface area (Å²) < 4.78 is 11.3. The van der Waals surface area contributed by atoms with Crippen molar-refractivity contribution in [1.29, 1.82) is 0 Å². The molecule has 0 radical (unpaired) electrons.